The third kappa shape index (κ3) is 4.77. The molecule has 44 heavy (non-hydrogen) atoms. The molecule has 1 unspecified atom stereocenters. The molecule has 5 heterocycles. The summed E-state index contributed by atoms with van der Waals surface area (Å²) in [6.45, 7) is 8.19. The van der Waals surface area contributed by atoms with Gasteiger partial charge >= 0.3 is 0 Å². The number of hydrogen-bond acceptors (Lipinski definition) is 9. The third-order valence-electron chi connectivity index (χ3n) is 10.7. The second-order valence-corrected chi connectivity index (χ2v) is 13.1. The Kier molecular flexibility index (Phi) is 7.03. The van der Waals surface area contributed by atoms with E-state index in [1.54, 1.807) is 19.2 Å². The molecule has 7 rings (SSSR count). The van der Waals surface area contributed by atoms with E-state index in [4.69, 9.17) is 10.5 Å². The van der Waals surface area contributed by atoms with Gasteiger partial charge in [0.1, 0.15) is 11.8 Å². The van der Waals surface area contributed by atoms with Crippen LogP contribution in [0.3, 0.4) is 0 Å². The lowest BCUT2D eigenvalue weighted by atomic mass is 9.70. The van der Waals surface area contributed by atoms with Gasteiger partial charge in [0.25, 0.3) is 11.8 Å². The molecule has 3 N–H and O–H groups in total. The number of anilines is 3. The summed E-state index contributed by atoms with van der Waals surface area (Å²) in [5.41, 5.74) is 11.2. The quantitative estimate of drug-likeness (QED) is 0.393. The number of ether oxygens (including phenoxy) is 1. The van der Waals surface area contributed by atoms with Gasteiger partial charge in [0.05, 0.1) is 23.9 Å². The van der Waals surface area contributed by atoms with Crippen LogP contribution in [0.2, 0.25) is 0 Å². The van der Waals surface area contributed by atoms with Gasteiger partial charge in [-0.15, -0.1) is 0 Å². The zero-order chi connectivity index (χ0) is 30.7. The van der Waals surface area contributed by atoms with Crippen molar-refractivity contribution in [3.05, 3.63) is 47.0 Å². The normalized spacial score (nSPS) is 24.0. The summed E-state index contributed by atoms with van der Waals surface area (Å²) in [6.07, 6.45) is 5.09. The number of hydrogen-bond donors (Lipinski definition) is 2. The third-order valence-corrected chi connectivity index (χ3v) is 10.7. The second-order valence-electron chi connectivity index (χ2n) is 13.1. The molecule has 0 aliphatic carbocycles. The highest BCUT2D eigenvalue weighted by molar-refractivity contribution is 6.23. The van der Waals surface area contributed by atoms with Gasteiger partial charge in [-0.1, -0.05) is 0 Å². The van der Waals surface area contributed by atoms with E-state index >= 15 is 0 Å². The number of nitrogens with two attached hydrogens (primary N) is 1. The van der Waals surface area contributed by atoms with E-state index in [9.17, 15) is 19.2 Å². The lowest BCUT2D eigenvalue weighted by molar-refractivity contribution is -0.136. The van der Waals surface area contributed by atoms with Crippen molar-refractivity contribution in [3.8, 4) is 5.75 Å². The molecular weight excluding hydrogens is 560 g/mol. The highest BCUT2D eigenvalue weighted by Gasteiger charge is 2.46. The lowest BCUT2D eigenvalue weighted by Gasteiger charge is -2.52. The average Bonchev–Trinajstić information content (AvgIpc) is 3.23. The highest BCUT2D eigenvalue weighted by Crippen LogP contribution is 2.44. The van der Waals surface area contributed by atoms with Gasteiger partial charge in [0.15, 0.2) is 0 Å². The van der Waals surface area contributed by atoms with Gasteiger partial charge in [-0.25, -0.2) is 0 Å². The van der Waals surface area contributed by atoms with Crippen LogP contribution < -0.4 is 25.6 Å². The van der Waals surface area contributed by atoms with E-state index in [1.807, 2.05) is 12.1 Å². The molecule has 5 aliphatic heterocycles. The number of carbonyl (C=O) groups excluding carboxylic acids is 4. The summed E-state index contributed by atoms with van der Waals surface area (Å²) >= 11 is 0. The molecule has 0 radical (unpaired) electrons. The molecule has 5 aliphatic rings. The summed E-state index contributed by atoms with van der Waals surface area (Å²) in [6, 6.07) is 9.00. The van der Waals surface area contributed by atoms with Gasteiger partial charge in [-0.2, -0.15) is 0 Å². The first-order valence-electron chi connectivity index (χ1n) is 15.7. The molecule has 4 amide bonds. The molecule has 11 heteroatoms. The van der Waals surface area contributed by atoms with Crippen LogP contribution in [0.5, 0.6) is 5.75 Å². The standard InChI is InChI=1S/C33H40N6O5/c1-20-15-25(34)28(44-2)17-27(20)37-13-9-33(10-14-37)7-11-36(12-8-33)22-18-38(19-22)21-3-4-23-24(16-21)32(43)39(31(23)42)26-5-6-29(40)35-30(26)41/h3-4,15-17,22,26H,5-14,18-19,34H2,1-2H3,(H,35,40,41). The summed E-state index contributed by atoms with van der Waals surface area (Å²) in [4.78, 5) is 58.6. The Bertz CT molecular complexity index is 1530. The number of rotatable bonds is 5. The van der Waals surface area contributed by atoms with E-state index in [0.29, 0.717) is 28.3 Å². The molecule has 2 aromatic carbocycles. The first kappa shape index (κ1) is 28.6. The Morgan fingerprint density at radius 1 is 0.886 bits per heavy atom. The van der Waals surface area contributed by atoms with Gasteiger partial charge in [-0.05, 0) is 87.4 Å². The van der Waals surface area contributed by atoms with Crippen molar-refractivity contribution in [1.29, 1.82) is 0 Å². The molecule has 0 saturated carbocycles. The number of amides is 4. The minimum Gasteiger partial charge on any atom is -0.495 e. The molecule has 4 saturated heterocycles. The van der Waals surface area contributed by atoms with E-state index in [-0.39, 0.29) is 18.7 Å². The Morgan fingerprint density at radius 2 is 1.57 bits per heavy atom. The molecule has 4 fully saturated rings. The van der Waals surface area contributed by atoms with Crippen LogP contribution in [-0.4, -0.2) is 91.9 Å². The fourth-order valence-corrected chi connectivity index (χ4v) is 7.86. The Morgan fingerprint density at radius 3 is 2.25 bits per heavy atom. The van der Waals surface area contributed by atoms with Crippen molar-refractivity contribution in [2.75, 3.05) is 61.9 Å². The minimum absolute atomic E-state index is 0.110. The van der Waals surface area contributed by atoms with Crippen molar-refractivity contribution < 1.29 is 23.9 Å². The monoisotopic (exact) mass is 600 g/mol. The highest BCUT2D eigenvalue weighted by atomic mass is 16.5. The van der Waals surface area contributed by atoms with Crippen LogP contribution in [0.25, 0.3) is 0 Å². The molecule has 232 valence electrons. The van der Waals surface area contributed by atoms with Crippen LogP contribution in [0.4, 0.5) is 17.1 Å². The number of piperidine rings is 3. The molecule has 11 nitrogen and oxygen atoms in total. The van der Waals surface area contributed by atoms with Crippen LogP contribution in [-0.2, 0) is 9.59 Å². The van der Waals surface area contributed by atoms with Crippen LogP contribution in [0.1, 0.15) is 64.8 Å². The summed E-state index contributed by atoms with van der Waals surface area (Å²) in [7, 11) is 1.67. The molecular formula is C33H40N6O5. The zero-order valence-electron chi connectivity index (χ0n) is 25.4. The number of nitrogens with one attached hydrogen (secondary N) is 1. The van der Waals surface area contributed by atoms with Gasteiger partial charge in [0.2, 0.25) is 11.8 Å². The Hall–Kier alpha value is -4.12. The van der Waals surface area contributed by atoms with E-state index < -0.39 is 23.8 Å². The number of aryl methyl sites for hydroxylation is 1. The SMILES string of the molecule is COc1cc(N2CCC3(CC2)CCN(C2CN(c4ccc5c(c4)C(=O)N(C4CCC(=O)NC4=O)C5=O)C2)CC3)c(C)cc1N. The fourth-order valence-electron chi connectivity index (χ4n) is 7.86. The maximum absolute atomic E-state index is 13.2. The average molecular weight is 601 g/mol. The number of likely N-dealkylation sites (tertiary alicyclic amines) is 1. The van der Waals surface area contributed by atoms with E-state index in [2.05, 4.69) is 33.0 Å². The maximum atomic E-state index is 13.2. The zero-order valence-corrected chi connectivity index (χ0v) is 25.4. The smallest absolute Gasteiger partial charge is 0.262 e. The number of imide groups is 2. The molecule has 1 spiro atoms. The fraction of sp³-hybridized carbons (Fsp3) is 0.515. The van der Waals surface area contributed by atoms with Crippen molar-refractivity contribution in [2.24, 2.45) is 5.41 Å². The van der Waals surface area contributed by atoms with Crippen LogP contribution in [0, 0.1) is 12.3 Å². The molecule has 2 aromatic rings. The summed E-state index contributed by atoms with van der Waals surface area (Å²) in [5, 5.41) is 2.25. The molecule has 0 aromatic heterocycles. The minimum atomic E-state index is -0.947. The number of nitrogen functional groups attached to an aromatic ring is 1. The summed E-state index contributed by atoms with van der Waals surface area (Å²) in [5.74, 6) is -1.16. The number of carbonyl (C=O) groups is 4. The van der Waals surface area contributed by atoms with Crippen molar-refractivity contribution in [2.45, 2.75) is 57.5 Å². The van der Waals surface area contributed by atoms with Gasteiger partial charge < -0.3 is 20.3 Å². The van der Waals surface area contributed by atoms with E-state index in [0.717, 1.165) is 55.6 Å². The number of nitrogens with zero attached hydrogens (tertiary/aromatic N) is 4. The predicted molar refractivity (Wildman–Crippen MR) is 166 cm³/mol. The maximum Gasteiger partial charge on any atom is 0.262 e. The largest absolute Gasteiger partial charge is 0.495 e. The second kappa shape index (κ2) is 10.8. The van der Waals surface area contributed by atoms with Crippen LogP contribution >= 0.6 is 0 Å². The van der Waals surface area contributed by atoms with E-state index in [1.165, 1.54) is 36.9 Å². The Balaban J connectivity index is 0.927. The number of methoxy groups -OCH3 is 1. The lowest BCUT2D eigenvalue weighted by Crippen LogP contribution is -2.62. The van der Waals surface area contributed by atoms with Crippen molar-refractivity contribution in [3.63, 3.8) is 0 Å². The number of benzene rings is 2. The van der Waals surface area contributed by atoms with Crippen molar-refractivity contribution >= 4 is 40.7 Å². The Labute approximate surface area is 257 Å². The topological polar surface area (TPSA) is 129 Å². The van der Waals surface area contributed by atoms with Gasteiger partial charge in [0, 0.05) is 56.1 Å². The summed E-state index contributed by atoms with van der Waals surface area (Å²) < 4.78 is 5.48. The first-order chi connectivity index (χ1) is 21.2. The molecule has 1 atom stereocenters. The van der Waals surface area contributed by atoms with Gasteiger partial charge in [-0.3, -0.25) is 34.3 Å². The number of fused-ring (bicyclic) bond motifs is 1. The predicted octanol–water partition coefficient (Wildman–Crippen LogP) is 2.56. The molecule has 0 bridgehead atoms. The first-order valence-corrected chi connectivity index (χ1v) is 15.7. The van der Waals surface area contributed by atoms with Crippen LogP contribution in [0.15, 0.2) is 30.3 Å². The van der Waals surface area contributed by atoms with Crippen molar-refractivity contribution in [1.82, 2.24) is 15.1 Å².